The number of halogens is 1. The summed E-state index contributed by atoms with van der Waals surface area (Å²) in [7, 11) is -3.86. The van der Waals surface area contributed by atoms with Gasteiger partial charge < -0.3 is 10.2 Å². The number of rotatable bonds is 8. The highest BCUT2D eigenvalue weighted by molar-refractivity contribution is 7.89. The van der Waals surface area contributed by atoms with Gasteiger partial charge in [0.2, 0.25) is 10.0 Å². The van der Waals surface area contributed by atoms with E-state index in [1.54, 1.807) is 31.7 Å². The maximum atomic E-state index is 13.9. The Hall–Kier alpha value is -3.83. The largest absolute Gasteiger partial charge is 0.339 e. The number of nitrogens with zero attached hydrogens (tertiary/aromatic N) is 5. The lowest BCUT2D eigenvalue weighted by Gasteiger charge is -2.32. The Morgan fingerprint density at radius 3 is 2.42 bits per heavy atom. The van der Waals surface area contributed by atoms with Crippen LogP contribution in [0.25, 0.3) is 5.65 Å². The van der Waals surface area contributed by atoms with E-state index in [9.17, 15) is 17.6 Å². The summed E-state index contributed by atoms with van der Waals surface area (Å²) in [4.78, 5) is 20.0. The zero-order chi connectivity index (χ0) is 28.4. The molecule has 2 aromatic heterocycles. The van der Waals surface area contributed by atoms with E-state index >= 15 is 0 Å². The summed E-state index contributed by atoms with van der Waals surface area (Å²) in [5.41, 5.74) is 2.81. The Balaban J connectivity index is 1.54. The Morgan fingerprint density at radius 1 is 1.07 bits per heavy atom. The van der Waals surface area contributed by atoms with Crippen molar-refractivity contribution in [2.24, 2.45) is 0 Å². The van der Waals surface area contributed by atoms with Gasteiger partial charge in [-0.05, 0) is 55.0 Å². The van der Waals surface area contributed by atoms with E-state index in [-0.39, 0.29) is 33.6 Å². The Bertz CT molecular complexity index is 1630. The van der Waals surface area contributed by atoms with Crippen molar-refractivity contribution in [1.82, 2.24) is 23.8 Å². The van der Waals surface area contributed by atoms with Gasteiger partial charge in [-0.25, -0.2) is 17.8 Å². The lowest BCUT2D eigenvalue weighted by atomic mass is 9.89. The second-order valence-corrected chi connectivity index (χ2v) is 11.8. The molecular formula is C29H33FN6O3S. The number of hydrogen-bond donors (Lipinski definition) is 1. The molecule has 210 valence electrons. The van der Waals surface area contributed by atoms with Gasteiger partial charge in [-0.1, -0.05) is 44.2 Å². The van der Waals surface area contributed by atoms with E-state index in [4.69, 9.17) is 0 Å². The lowest BCUT2D eigenvalue weighted by molar-refractivity contribution is 0.0713. The number of piperidine rings is 1. The highest BCUT2D eigenvalue weighted by Crippen LogP contribution is 2.32. The second-order valence-electron chi connectivity index (χ2n) is 9.92. The molecular weight excluding hydrogens is 531 g/mol. The molecule has 1 fully saturated rings. The smallest absolute Gasteiger partial charge is 0.259 e. The maximum absolute atomic E-state index is 13.9. The van der Waals surface area contributed by atoms with Crippen LogP contribution in [0.2, 0.25) is 0 Å². The van der Waals surface area contributed by atoms with Gasteiger partial charge in [0.25, 0.3) is 5.91 Å². The Kier molecular flexibility index (Phi) is 7.86. The van der Waals surface area contributed by atoms with Crippen LogP contribution in [0.5, 0.6) is 0 Å². The van der Waals surface area contributed by atoms with Crippen LogP contribution in [0.15, 0.2) is 65.8 Å². The summed E-state index contributed by atoms with van der Waals surface area (Å²) in [5, 5.41) is 7.59. The first-order chi connectivity index (χ1) is 19.2. The van der Waals surface area contributed by atoms with Gasteiger partial charge in [0.05, 0.1) is 6.20 Å². The average molecular weight is 565 g/mol. The summed E-state index contributed by atoms with van der Waals surface area (Å²) in [6.45, 7) is 7.03. The van der Waals surface area contributed by atoms with Crippen LogP contribution in [0.3, 0.4) is 0 Å². The van der Waals surface area contributed by atoms with Crippen LogP contribution in [0.1, 0.15) is 54.1 Å². The standard InChI is InChI=1S/C29H33FN6O3S/c1-4-35(5-2)40(38,39)26-19-32-36-27(33-25-12-11-23(30)17-20(25)3)24(18-31-28(26)36)29(37)34-15-13-22(14-16-34)21-9-7-6-8-10-21/h6-12,17-19,22,33H,4-5,13-16H2,1-3H3. The number of carbonyl (C=O) groups excluding carboxylic acids is 1. The quantitative estimate of drug-likeness (QED) is 0.324. The number of likely N-dealkylation sites (tertiary alicyclic amines) is 1. The molecule has 9 nitrogen and oxygen atoms in total. The molecule has 1 saturated heterocycles. The number of benzene rings is 2. The maximum Gasteiger partial charge on any atom is 0.259 e. The Labute approximate surface area is 233 Å². The monoisotopic (exact) mass is 564 g/mol. The molecule has 1 aliphatic heterocycles. The SMILES string of the molecule is CCN(CC)S(=O)(=O)c1cnn2c(Nc3ccc(F)cc3C)c(C(=O)N3CCC(c4ccccc4)CC3)cnc12. The van der Waals surface area contributed by atoms with Gasteiger partial charge in [0, 0.05) is 38.1 Å². The number of carbonyl (C=O) groups is 1. The number of sulfonamides is 1. The van der Waals surface area contributed by atoms with Crippen molar-refractivity contribution in [1.29, 1.82) is 0 Å². The Morgan fingerprint density at radius 2 is 1.77 bits per heavy atom. The topological polar surface area (TPSA) is 99.9 Å². The minimum atomic E-state index is -3.86. The van der Waals surface area contributed by atoms with Gasteiger partial charge in [0.1, 0.15) is 22.1 Å². The highest BCUT2D eigenvalue weighted by Gasteiger charge is 2.31. The molecule has 0 spiro atoms. The molecule has 0 radical (unpaired) electrons. The fraction of sp³-hybridized carbons (Fsp3) is 0.345. The van der Waals surface area contributed by atoms with Crippen molar-refractivity contribution in [2.45, 2.75) is 44.4 Å². The third-order valence-corrected chi connectivity index (χ3v) is 9.58. The number of aromatic nitrogens is 3. The molecule has 0 bridgehead atoms. The number of amides is 1. The first-order valence-corrected chi connectivity index (χ1v) is 14.9. The van der Waals surface area contributed by atoms with Gasteiger partial charge in [-0.15, -0.1) is 0 Å². The molecule has 0 unspecified atom stereocenters. The summed E-state index contributed by atoms with van der Waals surface area (Å²) in [6.07, 6.45) is 4.34. The molecule has 3 heterocycles. The molecule has 4 aromatic rings. The normalized spacial score (nSPS) is 14.7. The highest BCUT2D eigenvalue weighted by atomic mass is 32.2. The average Bonchev–Trinajstić information content (AvgIpc) is 3.41. The molecule has 2 aromatic carbocycles. The number of aryl methyl sites for hydroxylation is 1. The molecule has 1 amide bonds. The van der Waals surface area contributed by atoms with Crippen LogP contribution in [0.4, 0.5) is 15.9 Å². The van der Waals surface area contributed by atoms with Crippen LogP contribution in [-0.2, 0) is 10.0 Å². The molecule has 40 heavy (non-hydrogen) atoms. The van der Waals surface area contributed by atoms with Crippen LogP contribution in [-0.4, -0.2) is 64.3 Å². The number of fused-ring (bicyclic) bond motifs is 1. The van der Waals surface area contributed by atoms with Crippen molar-refractivity contribution < 1.29 is 17.6 Å². The summed E-state index contributed by atoms with van der Waals surface area (Å²) < 4.78 is 43.2. The van der Waals surface area contributed by atoms with E-state index < -0.39 is 10.0 Å². The van der Waals surface area contributed by atoms with Crippen LogP contribution in [0, 0.1) is 12.7 Å². The van der Waals surface area contributed by atoms with Crippen molar-refractivity contribution in [3.05, 3.63) is 83.4 Å². The van der Waals surface area contributed by atoms with Crippen molar-refractivity contribution >= 4 is 33.1 Å². The van der Waals surface area contributed by atoms with Gasteiger partial charge in [0.15, 0.2) is 5.65 Å². The number of anilines is 2. The minimum Gasteiger partial charge on any atom is -0.339 e. The van der Waals surface area contributed by atoms with E-state index in [0.717, 1.165) is 12.8 Å². The van der Waals surface area contributed by atoms with E-state index in [1.807, 2.05) is 18.2 Å². The van der Waals surface area contributed by atoms with Gasteiger partial charge >= 0.3 is 0 Å². The molecule has 0 aliphatic carbocycles. The first-order valence-electron chi connectivity index (χ1n) is 13.5. The zero-order valence-electron chi connectivity index (χ0n) is 22.8. The van der Waals surface area contributed by atoms with Crippen molar-refractivity contribution in [3.63, 3.8) is 0 Å². The van der Waals surface area contributed by atoms with Gasteiger partial charge in [-0.2, -0.15) is 13.9 Å². The third-order valence-electron chi connectivity index (χ3n) is 7.54. The number of hydrogen-bond acceptors (Lipinski definition) is 6. The van der Waals surface area contributed by atoms with Crippen LogP contribution < -0.4 is 5.32 Å². The van der Waals surface area contributed by atoms with E-state index in [0.29, 0.717) is 43.3 Å². The summed E-state index contributed by atoms with van der Waals surface area (Å²) in [6, 6.07) is 14.6. The fourth-order valence-electron chi connectivity index (χ4n) is 5.28. The van der Waals surface area contributed by atoms with E-state index in [2.05, 4.69) is 27.5 Å². The zero-order valence-corrected chi connectivity index (χ0v) is 23.7. The van der Waals surface area contributed by atoms with Crippen molar-refractivity contribution in [3.8, 4) is 0 Å². The van der Waals surface area contributed by atoms with Crippen molar-refractivity contribution in [2.75, 3.05) is 31.5 Å². The molecule has 0 saturated carbocycles. The predicted octanol–water partition coefficient (Wildman–Crippen LogP) is 4.97. The summed E-state index contributed by atoms with van der Waals surface area (Å²) >= 11 is 0. The fourth-order valence-corrected chi connectivity index (χ4v) is 6.79. The molecule has 0 atom stereocenters. The molecule has 1 N–H and O–H groups in total. The molecule has 11 heteroatoms. The first kappa shape index (κ1) is 27.7. The predicted molar refractivity (Wildman–Crippen MR) is 152 cm³/mol. The second kappa shape index (κ2) is 11.3. The van der Waals surface area contributed by atoms with Crippen LogP contribution >= 0.6 is 0 Å². The molecule has 5 rings (SSSR count). The molecule has 1 aliphatic rings. The summed E-state index contributed by atoms with van der Waals surface area (Å²) in [5.74, 6) is 0.0409. The van der Waals surface area contributed by atoms with Gasteiger partial charge in [-0.3, -0.25) is 4.79 Å². The third kappa shape index (κ3) is 5.18. The van der Waals surface area contributed by atoms with E-state index in [1.165, 1.54) is 38.9 Å². The number of nitrogens with one attached hydrogen (secondary N) is 1. The lowest BCUT2D eigenvalue weighted by Crippen LogP contribution is -2.38. The minimum absolute atomic E-state index is 0.0437.